The van der Waals surface area contributed by atoms with Gasteiger partial charge in [-0.1, -0.05) is 103 Å². The number of benzene rings is 9. The number of carbonyl (C=O) groups is 9. The van der Waals surface area contributed by atoms with E-state index in [1.165, 1.54) is 56.6 Å². The first-order valence-corrected chi connectivity index (χ1v) is 44.4. The summed E-state index contributed by atoms with van der Waals surface area (Å²) in [5, 5.41) is 14.1. The third-order valence-corrected chi connectivity index (χ3v) is 25.5. The van der Waals surface area contributed by atoms with Gasteiger partial charge in [-0.3, -0.25) is 47.8 Å². The Morgan fingerprint density at radius 3 is 1.17 bits per heavy atom. The molecule has 3 N–H and O–H groups in total. The van der Waals surface area contributed by atoms with Crippen molar-refractivity contribution in [2.45, 2.75) is 144 Å². The predicted molar refractivity (Wildman–Crippen MR) is 504 cm³/mol. The second-order valence-corrected chi connectivity index (χ2v) is 34.9. The highest BCUT2D eigenvalue weighted by molar-refractivity contribution is 6.11. The van der Waals surface area contributed by atoms with Crippen molar-refractivity contribution in [3.05, 3.63) is 300 Å². The van der Waals surface area contributed by atoms with Crippen LogP contribution in [0, 0.1) is 76.5 Å². The highest BCUT2D eigenvalue weighted by Gasteiger charge is 2.56. The molecule has 137 heavy (non-hydrogen) atoms. The monoisotopic (exact) mass is 1850 g/mol. The number of aromatic nitrogens is 10. The number of carbonyl (C=O) groups excluding carboxylic acids is 9. The summed E-state index contributed by atoms with van der Waals surface area (Å²) in [5.41, 5.74) is 11.7. The van der Waals surface area contributed by atoms with E-state index < -0.39 is 89.1 Å². The van der Waals surface area contributed by atoms with Crippen molar-refractivity contribution in [3.63, 3.8) is 0 Å². The number of amides is 6. The van der Waals surface area contributed by atoms with Gasteiger partial charge in [0.25, 0.3) is 0 Å². The Kier molecular flexibility index (Phi) is 26.2. The molecule has 4 aliphatic rings. The summed E-state index contributed by atoms with van der Waals surface area (Å²) in [6.45, 7) is 13.7. The zero-order valence-electron chi connectivity index (χ0n) is 75.8. The minimum atomic E-state index is -1.50. The lowest BCUT2D eigenvalue weighted by molar-refractivity contribution is -0.138. The van der Waals surface area contributed by atoms with Crippen LogP contribution in [0.15, 0.2) is 219 Å². The average Bonchev–Trinajstić information content (AvgIpc) is 1.57. The number of aryl methyl sites for hydroxylation is 6. The van der Waals surface area contributed by atoms with Crippen LogP contribution in [0.3, 0.4) is 0 Å². The van der Waals surface area contributed by atoms with Gasteiger partial charge in [0.1, 0.15) is 73.3 Å². The van der Waals surface area contributed by atoms with Crippen molar-refractivity contribution < 1.29 is 73.9 Å². The van der Waals surface area contributed by atoms with Gasteiger partial charge in [-0.15, -0.1) is 0 Å². The number of hydrogen-bond donors (Lipinski definition) is 3. The summed E-state index contributed by atoms with van der Waals surface area (Å²) in [6, 6.07) is 43.7. The number of halogens is 7. The van der Waals surface area contributed by atoms with E-state index in [-0.39, 0.29) is 120 Å². The Bertz CT molecular complexity index is 7280. The van der Waals surface area contributed by atoms with E-state index >= 15 is 13.2 Å². The summed E-state index contributed by atoms with van der Waals surface area (Å²) >= 11 is 0. The van der Waals surface area contributed by atoms with Gasteiger partial charge in [0.2, 0.25) is 35.4 Å². The van der Waals surface area contributed by atoms with Crippen LogP contribution in [-0.4, -0.2) is 166 Å². The zero-order valence-corrected chi connectivity index (χ0v) is 75.8. The lowest BCUT2D eigenvalue weighted by Crippen LogP contribution is -2.46. The zero-order chi connectivity index (χ0) is 96.8. The van der Waals surface area contributed by atoms with E-state index in [0.717, 1.165) is 89.3 Å². The average molecular weight is 1850 g/mol. The smallest absolute Gasteiger partial charge is 0.247 e. The van der Waals surface area contributed by atoms with Crippen molar-refractivity contribution in [1.82, 2.24) is 63.5 Å². The molecule has 6 aromatic heterocycles. The third-order valence-electron chi connectivity index (χ3n) is 25.5. The summed E-state index contributed by atoms with van der Waals surface area (Å²) in [5.74, 6) is -5.94. The molecule has 0 spiro atoms. The number of alkyl halides is 2. The van der Waals surface area contributed by atoms with Crippen molar-refractivity contribution in [2.75, 3.05) is 29.0 Å². The van der Waals surface area contributed by atoms with Gasteiger partial charge in [-0.2, -0.15) is 5.10 Å². The third kappa shape index (κ3) is 19.2. The van der Waals surface area contributed by atoms with Crippen molar-refractivity contribution >= 4 is 103 Å². The number of ketones is 3. The van der Waals surface area contributed by atoms with Crippen LogP contribution in [0.2, 0.25) is 0 Å². The fourth-order valence-corrected chi connectivity index (χ4v) is 18.3. The normalized spacial score (nSPS) is 17.0. The van der Waals surface area contributed by atoms with Crippen LogP contribution < -0.4 is 16.0 Å². The Hall–Kier alpha value is -15.9. The van der Waals surface area contributed by atoms with Gasteiger partial charge < -0.3 is 39.8 Å². The van der Waals surface area contributed by atoms with Crippen molar-refractivity contribution in [2.24, 2.45) is 5.92 Å². The topological polar surface area (TPSA) is 304 Å². The number of anilines is 3. The molecule has 4 fully saturated rings. The van der Waals surface area contributed by atoms with Crippen LogP contribution in [0.1, 0.15) is 112 Å². The fraction of sp³-hybridized carbons (Fsp3) is 0.238. The molecule has 19 rings (SSSR count). The lowest BCUT2D eigenvalue weighted by atomic mass is 9.99. The molecule has 3 saturated heterocycles. The molecular formula is C105H91F7N16O9. The standard InChI is InChI=1S/C36H32FN5O3.C35H29F4N5O3.C34H30F2N6O3/c1-20-7-4-5-8-26(20)27-9-6-10-30(35(27)37)40-36(45)33-15-24-14-32(24)42(33)34(44)19-41-18-29(21(2)43)28-13-23(11-12-31(28)41)25-16-38-22(3)39-17-25;1-18-9-28(37)29(38)12-25(18)24-5-4-6-30(34(24)39)42-35(47)32-11-23(36)15-44(32)33(46)17-43-16-27(19(2)45)26-10-21(7-8-31(26)43)22-13-40-20(3)41-14-22;1-19-7-4-5-8-25(19)26-9-6-10-28(32(26)36)39-34(45)30-14-24(35)17-41(30)31(44)18-42-29-12-11-22(23-15-37-21(3)38-16-23)13-27(29)33(40-42)20(2)43/h4-13,16-18,24,32-33H,14-15,19H2,1-3H3,(H,40,45);4-10,12-14,16,23,32H,11,15,17H2,1-3H3,(H,42,47);4-13,15-16,24,30H,14,17-18H2,1-3H3,(H,39,45)/t24-,32-,33+;23-,32+;24-,30+/m111/s1. The first kappa shape index (κ1) is 92.9. The fourth-order valence-electron chi connectivity index (χ4n) is 18.3. The van der Waals surface area contributed by atoms with E-state index in [2.05, 4.69) is 51.0 Å². The van der Waals surface area contributed by atoms with E-state index in [9.17, 15) is 60.7 Å². The van der Waals surface area contributed by atoms with Crippen LogP contribution in [0.25, 0.3) is 99.5 Å². The summed E-state index contributed by atoms with van der Waals surface area (Å²) in [6.07, 6.45) is 11.4. The van der Waals surface area contributed by atoms with Gasteiger partial charge in [-0.05, 0) is 191 Å². The first-order chi connectivity index (χ1) is 65.7. The second kappa shape index (κ2) is 38.6. The largest absolute Gasteiger partial charge is 0.337 e. The number of nitrogens with zero attached hydrogens (tertiary/aromatic N) is 13. The van der Waals surface area contributed by atoms with Crippen LogP contribution in [0.5, 0.6) is 0 Å². The Balaban J connectivity index is 0.000000142. The van der Waals surface area contributed by atoms with Crippen molar-refractivity contribution in [1.29, 1.82) is 0 Å². The van der Waals surface area contributed by atoms with Crippen LogP contribution in [0.4, 0.5) is 47.8 Å². The minimum Gasteiger partial charge on any atom is -0.337 e. The Morgan fingerprint density at radius 2 is 0.745 bits per heavy atom. The van der Waals surface area contributed by atoms with Gasteiger partial charge in [0.05, 0.1) is 35.7 Å². The number of piperidine rings is 1. The highest BCUT2D eigenvalue weighted by atomic mass is 19.2. The number of hydrogen-bond acceptors (Lipinski definition) is 16. The molecule has 25 nitrogen and oxygen atoms in total. The number of fused-ring (bicyclic) bond motifs is 4. The van der Waals surface area contributed by atoms with E-state index in [1.54, 1.807) is 138 Å². The number of Topliss-reactive ketones (excluding diaryl/α,β-unsaturated/α-hetero) is 3. The second-order valence-electron chi connectivity index (χ2n) is 34.9. The predicted octanol–water partition coefficient (Wildman–Crippen LogP) is 18.6. The van der Waals surface area contributed by atoms with Crippen LogP contribution >= 0.6 is 0 Å². The molecule has 0 radical (unpaired) electrons. The van der Waals surface area contributed by atoms with Gasteiger partial charge in [-0.25, -0.2) is 60.6 Å². The van der Waals surface area contributed by atoms with Crippen LogP contribution in [-0.2, 0) is 48.4 Å². The molecule has 3 aliphatic heterocycles. The molecule has 694 valence electrons. The number of rotatable bonds is 21. The Morgan fingerprint density at radius 1 is 0.365 bits per heavy atom. The van der Waals surface area contributed by atoms with E-state index in [0.29, 0.717) is 73.5 Å². The molecule has 32 heteroatoms. The SMILES string of the molecule is CC(=O)c1cn(CC(=O)N2C[C@H](F)C[C@H]2C(=O)Nc2cccc(-c3cc(F)c(F)cc3C)c2F)c2ccc(-c3cnc(C)nc3)cc12.CC(=O)c1cn(CC(=O)N2[C@@H]3C[C@@H]3C[C@H]2C(=O)Nc2cccc(-c3ccccc3C)c2F)c2ccc(-c3cnc(C)nc3)cc12.CC(=O)c1nn(CC(=O)N2C[C@H](F)C[C@H]2C(=O)Nc2cccc(-c3ccccc3C)c2F)c2ccc(-c3cnc(C)nc3)cc12. The summed E-state index contributed by atoms with van der Waals surface area (Å²) in [7, 11) is 0. The minimum absolute atomic E-state index is 0.0151. The van der Waals surface area contributed by atoms with Gasteiger partial charge in [0, 0.05) is 147 Å². The van der Waals surface area contributed by atoms with Gasteiger partial charge in [0.15, 0.2) is 46.4 Å². The number of likely N-dealkylation sites (tertiary alicyclic amines) is 3. The molecule has 0 bridgehead atoms. The molecule has 1 saturated carbocycles. The molecule has 9 heterocycles. The first-order valence-electron chi connectivity index (χ1n) is 44.4. The van der Waals surface area contributed by atoms with E-state index in [4.69, 9.17) is 0 Å². The lowest BCUT2D eigenvalue weighted by Gasteiger charge is -2.27. The van der Waals surface area contributed by atoms with Gasteiger partial charge >= 0.3 is 0 Å². The summed E-state index contributed by atoms with van der Waals surface area (Å²) in [4.78, 5) is 148. The van der Waals surface area contributed by atoms with E-state index in [1.807, 2.05) is 93.6 Å². The Labute approximate surface area is 781 Å². The molecule has 0 unspecified atom stereocenters. The molecule has 6 amide bonds. The quantitative estimate of drug-likeness (QED) is 0.0445. The maximum atomic E-state index is 15.7. The molecule has 15 aromatic rings. The maximum Gasteiger partial charge on any atom is 0.247 e. The molecule has 9 aromatic carbocycles. The van der Waals surface area contributed by atoms with Crippen molar-refractivity contribution in [3.8, 4) is 66.8 Å². The molecular weight excluding hydrogens is 1760 g/mol. The summed E-state index contributed by atoms with van der Waals surface area (Å²) < 4.78 is 109. The molecule has 7 atom stereocenters. The maximum absolute atomic E-state index is 15.7. The molecule has 1 aliphatic carbocycles. The highest BCUT2D eigenvalue weighted by Crippen LogP contribution is 2.49. The number of nitrogens with one attached hydrogen (secondary N) is 3.